The van der Waals surface area contributed by atoms with E-state index in [0.29, 0.717) is 32.6 Å². The van der Waals surface area contributed by atoms with Gasteiger partial charge in [-0.25, -0.2) is 8.42 Å². The molecule has 2 saturated heterocycles. The first-order valence-corrected chi connectivity index (χ1v) is 8.61. The Morgan fingerprint density at radius 1 is 1.30 bits per heavy atom. The highest BCUT2D eigenvalue weighted by molar-refractivity contribution is 7.91. The molecule has 7 nitrogen and oxygen atoms in total. The summed E-state index contributed by atoms with van der Waals surface area (Å²) in [5.74, 6) is 0.367. The average molecular weight is 303 g/mol. The maximum atomic E-state index is 12.1. The number of carbonyl (C=O) groups excluding carboxylic acids is 2. The number of hydrogen-bond acceptors (Lipinski definition) is 5. The van der Waals surface area contributed by atoms with E-state index in [4.69, 9.17) is 0 Å². The molecule has 1 unspecified atom stereocenters. The Kier molecular flexibility index (Phi) is 4.64. The van der Waals surface area contributed by atoms with Gasteiger partial charge < -0.3 is 9.80 Å². The lowest BCUT2D eigenvalue weighted by molar-refractivity contribution is -0.136. The molecule has 0 bridgehead atoms. The van der Waals surface area contributed by atoms with Crippen molar-refractivity contribution in [1.29, 1.82) is 0 Å². The van der Waals surface area contributed by atoms with Crippen LogP contribution in [0.5, 0.6) is 0 Å². The quantitative estimate of drug-likeness (QED) is 0.585. The molecule has 0 aromatic heterocycles. The number of nitrogens with zero attached hydrogens (tertiary/aromatic N) is 3. The molecule has 2 aliphatic rings. The maximum Gasteiger partial charge on any atom is 0.236 e. The van der Waals surface area contributed by atoms with Gasteiger partial charge in [-0.3, -0.25) is 14.5 Å². The van der Waals surface area contributed by atoms with E-state index in [1.54, 1.807) is 16.8 Å². The summed E-state index contributed by atoms with van der Waals surface area (Å²) in [5.41, 5.74) is 0. The van der Waals surface area contributed by atoms with Crippen molar-refractivity contribution < 1.29 is 18.0 Å². The van der Waals surface area contributed by atoms with Gasteiger partial charge in [-0.15, -0.1) is 0 Å². The topological polar surface area (TPSA) is 78.0 Å². The van der Waals surface area contributed by atoms with Crippen LogP contribution in [0.25, 0.3) is 0 Å². The maximum absolute atomic E-state index is 12.1. The summed E-state index contributed by atoms with van der Waals surface area (Å²) in [6, 6.07) is -0.0554. The van der Waals surface area contributed by atoms with Gasteiger partial charge in [0.25, 0.3) is 0 Å². The zero-order valence-corrected chi connectivity index (χ0v) is 12.5. The Morgan fingerprint density at radius 3 is 2.45 bits per heavy atom. The number of amides is 2. The average Bonchev–Trinajstić information content (AvgIpc) is 2.79. The lowest BCUT2D eigenvalue weighted by Gasteiger charge is -2.34. The minimum Gasteiger partial charge on any atom is -0.342 e. The molecule has 2 rings (SSSR count). The molecule has 0 N–H and O–H groups in total. The molecule has 0 saturated carbocycles. The van der Waals surface area contributed by atoms with E-state index in [1.165, 1.54) is 0 Å². The molecule has 8 heteroatoms. The van der Waals surface area contributed by atoms with Crippen LogP contribution in [0.1, 0.15) is 6.42 Å². The molecule has 1 atom stereocenters. The second-order valence-corrected chi connectivity index (χ2v) is 7.72. The van der Waals surface area contributed by atoms with Crippen LogP contribution in [-0.2, 0) is 19.4 Å². The summed E-state index contributed by atoms with van der Waals surface area (Å²) in [5, 5.41) is 0. The Morgan fingerprint density at radius 2 is 1.95 bits per heavy atom. The summed E-state index contributed by atoms with van der Waals surface area (Å²) < 4.78 is 22.9. The van der Waals surface area contributed by atoms with Crippen molar-refractivity contribution in [3.05, 3.63) is 0 Å². The molecule has 2 aliphatic heterocycles. The van der Waals surface area contributed by atoms with Gasteiger partial charge in [0.15, 0.2) is 9.84 Å². The van der Waals surface area contributed by atoms with E-state index < -0.39 is 9.84 Å². The Balaban J connectivity index is 1.81. The first kappa shape index (κ1) is 15.2. The van der Waals surface area contributed by atoms with Crippen LogP contribution in [0, 0.1) is 0 Å². The number of likely N-dealkylation sites (N-methyl/N-ethyl adjacent to an activating group) is 1. The fourth-order valence-electron chi connectivity index (χ4n) is 2.64. The summed E-state index contributed by atoms with van der Waals surface area (Å²) in [7, 11) is -1.13. The predicted molar refractivity (Wildman–Crippen MR) is 73.9 cm³/mol. The van der Waals surface area contributed by atoms with Crippen LogP contribution in [0.2, 0.25) is 0 Å². The number of sulfone groups is 1. The highest BCUT2D eigenvalue weighted by Crippen LogP contribution is 2.16. The van der Waals surface area contributed by atoms with E-state index in [1.807, 2.05) is 4.90 Å². The van der Waals surface area contributed by atoms with Gasteiger partial charge in [0, 0.05) is 32.2 Å². The Bertz CT molecular complexity index is 471. The van der Waals surface area contributed by atoms with Gasteiger partial charge in [-0.05, 0) is 13.5 Å². The third kappa shape index (κ3) is 3.69. The van der Waals surface area contributed by atoms with E-state index in [2.05, 4.69) is 0 Å². The second kappa shape index (κ2) is 6.09. The van der Waals surface area contributed by atoms with Gasteiger partial charge in [0.2, 0.25) is 12.3 Å². The van der Waals surface area contributed by atoms with E-state index in [9.17, 15) is 18.0 Å². The minimum atomic E-state index is -2.92. The second-order valence-electron chi connectivity index (χ2n) is 5.49. The van der Waals surface area contributed by atoms with Gasteiger partial charge in [-0.2, -0.15) is 0 Å². The summed E-state index contributed by atoms with van der Waals surface area (Å²) in [6.07, 6.45) is 1.41. The highest BCUT2D eigenvalue weighted by atomic mass is 32.2. The molecular formula is C12H21N3O4S. The van der Waals surface area contributed by atoms with Crippen molar-refractivity contribution in [2.75, 3.05) is 51.3 Å². The number of hydrogen-bond donors (Lipinski definition) is 0. The van der Waals surface area contributed by atoms with Gasteiger partial charge in [0.1, 0.15) is 0 Å². The fraction of sp³-hybridized carbons (Fsp3) is 0.833. The van der Waals surface area contributed by atoms with Crippen LogP contribution in [0.3, 0.4) is 0 Å². The first-order chi connectivity index (χ1) is 9.41. The molecule has 0 spiro atoms. The van der Waals surface area contributed by atoms with Gasteiger partial charge >= 0.3 is 0 Å². The molecule has 2 heterocycles. The monoisotopic (exact) mass is 303 g/mol. The zero-order valence-electron chi connectivity index (χ0n) is 11.7. The lowest BCUT2D eigenvalue weighted by atomic mass is 10.2. The molecule has 2 amide bonds. The zero-order chi connectivity index (χ0) is 14.8. The fourth-order valence-corrected chi connectivity index (χ4v) is 4.45. The number of carbonyl (C=O) groups is 2. The Labute approximate surface area is 119 Å². The van der Waals surface area contributed by atoms with Crippen molar-refractivity contribution >= 4 is 22.2 Å². The third-order valence-electron chi connectivity index (χ3n) is 4.03. The van der Waals surface area contributed by atoms with Crippen LogP contribution >= 0.6 is 0 Å². The van der Waals surface area contributed by atoms with Crippen LogP contribution in [-0.4, -0.2) is 92.8 Å². The molecular weight excluding hydrogens is 282 g/mol. The van der Waals surface area contributed by atoms with Crippen LogP contribution < -0.4 is 0 Å². The molecule has 0 aromatic rings. The SMILES string of the molecule is CN(CC(=O)N1CCN(C=O)CC1)C1CCS(=O)(=O)C1. The van der Waals surface area contributed by atoms with Crippen molar-refractivity contribution in [2.24, 2.45) is 0 Å². The normalized spacial score (nSPS) is 26.0. The summed E-state index contributed by atoms with van der Waals surface area (Å²) in [4.78, 5) is 28.0. The molecule has 0 aliphatic carbocycles. The van der Waals surface area contributed by atoms with Crippen molar-refractivity contribution in [3.63, 3.8) is 0 Å². The largest absolute Gasteiger partial charge is 0.342 e. The standard InChI is InChI=1S/C12H21N3O4S/c1-13(11-2-7-20(18,19)9-11)8-12(17)15-5-3-14(10-16)4-6-15/h10-11H,2-9H2,1H3. The first-order valence-electron chi connectivity index (χ1n) is 6.79. The van der Waals surface area contributed by atoms with Crippen LogP contribution in [0.4, 0.5) is 0 Å². The van der Waals surface area contributed by atoms with Crippen molar-refractivity contribution in [2.45, 2.75) is 12.5 Å². The lowest BCUT2D eigenvalue weighted by Crippen LogP contribution is -2.51. The van der Waals surface area contributed by atoms with E-state index >= 15 is 0 Å². The minimum absolute atomic E-state index is 0.00217. The summed E-state index contributed by atoms with van der Waals surface area (Å²) in [6.45, 7) is 2.47. The van der Waals surface area contributed by atoms with Crippen molar-refractivity contribution in [1.82, 2.24) is 14.7 Å². The van der Waals surface area contributed by atoms with Crippen LogP contribution in [0.15, 0.2) is 0 Å². The van der Waals surface area contributed by atoms with Gasteiger partial charge in [0.05, 0.1) is 18.1 Å². The highest BCUT2D eigenvalue weighted by Gasteiger charge is 2.32. The molecule has 2 fully saturated rings. The third-order valence-corrected chi connectivity index (χ3v) is 5.78. The van der Waals surface area contributed by atoms with E-state index in [-0.39, 0.29) is 30.0 Å². The predicted octanol–water partition coefficient (Wildman–Crippen LogP) is -1.59. The van der Waals surface area contributed by atoms with Crippen molar-refractivity contribution in [3.8, 4) is 0 Å². The molecule has 114 valence electrons. The number of piperazine rings is 1. The molecule has 0 aromatic carbocycles. The molecule has 20 heavy (non-hydrogen) atoms. The number of rotatable bonds is 4. The molecule has 0 radical (unpaired) electrons. The smallest absolute Gasteiger partial charge is 0.236 e. The van der Waals surface area contributed by atoms with E-state index in [0.717, 1.165) is 6.41 Å². The summed E-state index contributed by atoms with van der Waals surface area (Å²) >= 11 is 0. The van der Waals surface area contributed by atoms with Gasteiger partial charge in [-0.1, -0.05) is 0 Å². The Hall–Kier alpha value is -1.15.